The number of amides is 1. The number of nitrogens with zero attached hydrogens (tertiary/aromatic N) is 4. The Hall–Kier alpha value is -3.67. The molecule has 4 rings (SSSR count). The molecule has 1 amide bonds. The SMILES string of the molecule is Cc1c(C)n(Cc2ccccc2)c2ccc(C(=O)N/N=C\c3cnn(C)c3C)cc12. The zero-order valence-electron chi connectivity index (χ0n) is 17.7. The van der Waals surface area contributed by atoms with Gasteiger partial charge in [0.1, 0.15) is 0 Å². The van der Waals surface area contributed by atoms with Crippen molar-refractivity contribution in [2.24, 2.45) is 12.1 Å². The number of rotatable bonds is 5. The second-order valence-electron chi connectivity index (χ2n) is 7.52. The fourth-order valence-electron chi connectivity index (χ4n) is 3.63. The summed E-state index contributed by atoms with van der Waals surface area (Å²) >= 11 is 0. The Balaban J connectivity index is 1.58. The largest absolute Gasteiger partial charge is 0.340 e. The van der Waals surface area contributed by atoms with E-state index in [2.05, 4.69) is 58.3 Å². The number of nitrogens with one attached hydrogen (secondary N) is 1. The van der Waals surface area contributed by atoms with E-state index in [1.807, 2.05) is 38.2 Å². The van der Waals surface area contributed by atoms with Crippen LogP contribution in [0.1, 0.15) is 38.4 Å². The second-order valence-corrected chi connectivity index (χ2v) is 7.52. The summed E-state index contributed by atoms with van der Waals surface area (Å²) in [4.78, 5) is 12.6. The Morgan fingerprint density at radius 2 is 1.87 bits per heavy atom. The van der Waals surface area contributed by atoms with Crippen molar-refractivity contribution in [3.63, 3.8) is 0 Å². The summed E-state index contributed by atoms with van der Waals surface area (Å²) in [7, 11) is 1.87. The van der Waals surface area contributed by atoms with Crippen LogP contribution in [-0.4, -0.2) is 26.5 Å². The molecule has 6 nitrogen and oxygen atoms in total. The topological polar surface area (TPSA) is 64.2 Å². The Morgan fingerprint density at radius 3 is 2.57 bits per heavy atom. The number of fused-ring (bicyclic) bond motifs is 1. The van der Waals surface area contributed by atoms with Crippen molar-refractivity contribution in [1.29, 1.82) is 0 Å². The summed E-state index contributed by atoms with van der Waals surface area (Å²) in [6, 6.07) is 16.2. The van der Waals surface area contributed by atoms with Gasteiger partial charge in [-0.3, -0.25) is 9.48 Å². The van der Waals surface area contributed by atoms with Gasteiger partial charge < -0.3 is 4.57 Å². The predicted octanol–water partition coefficient (Wildman–Crippen LogP) is 4.11. The number of aryl methyl sites for hydroxylation is 2. The zero-order chi connectivity index (χ0) is 21.3. The van der Waals surface area contributed by atoms with E-state index in [9.17, 15) is 4.79 Å². The van der Waals surface area contributed by atoms with E-state index in [1.165, 1.54) is 16.8 Å². The average Bonchev–Trinajstić information content (AvgIpc) is 3.20. The molecule has 0 aliphatic rings. The van der Waals surface area contributed by atoms with E-state index < -0.39 is 0 Å². The highest BCUT2D eigenvalue weighted by molar-refractivity contribution is 5.99. The molecule has 0 radical (unpaired) electrons. The van der Waals surface area contributed by atoms with Gasteiger partial charge in [-0.2, -0.15) is 10.2 Å². The van der Waals surface area contributed by atoms with Crippen molar-refractivity contribution in [1.82, 2.24) is 19.8 Å². The molecule has 1 N–H and O–H groups in total. The van der Waals surface area contributed by atoms with E-state index in [-0.39, 0.29) is 5.91 Å². The first-order valence-electron chi connectivity index (χ1n) is 9.91. The molecule has 2 heterocycles. The number of aromatic nitrogens is 3. The summed E-state index contributed by atoms with van der Waals surface area (Å²) in [6.07, 6.45) is 3.34. The van der Waals surface area contributed by atoms with E-state index in [4.69, 9.17) is 0 Å². The van der Waals surface area contributed by atoms with Crippen LogP contribution in [0.2, 0.25) is 0 Å². The van der Waals surface area contributed by atoms with Gasteiger partial charge in [0.05, 0.1) is 12.4 Å². The molecule has 4 aromatic rings. The van der Waals surface area contributed by atoms with E-state index in [0.717, 1.165) is 28.7 Å². The monoisotopic (exact) mass is 399 g/mol. The van der Waals surface area contributed by atoms with Gasteiger partial charge in [0.15, 0.2) is 0 Å². The number of hydrazone groups is 1. The molecule has 0 unspecified atom stereocenters. The normalized spacial score (nSPS) is 11.5. The number of hydrogen-bond acceptors (Lipinski definition) is 3. The van der Waals surface area contributed by atoms with Crippen LogP contribution < -0.4 is 5.43 Å². The smallest absolute Gasteiger partial charge is 0.271 e. The summed E-state index contributed by atoms with van der Waals surface area (Å²) < 4.78 is 4.06. The van der Waals surface area contributed by atoms with Crippen LogP contribution in [0.5, 0.6) is 0 Å². The minimum absolute atomic E-state index is 0.234. The van der Waals surface area contributed by atoms with Gasteiger partial charge in [0.25, 0.3) is 5.91 Å². The Bertz CT molecular complexity index is 1250. The number of hydrogen-bond donors (Lipinski definition) is 1. The van der Waals surface area contributed by atoms with Crippen molar-refractivity contribution in [2.75, 3.05) is 0 Å². The molecule has 0 aliphatic carbocycles. The second kappa shape index (κ2) is 7.99. The lowest BCUT2D eigenvalue weighted by atomic mass is 10.1. The van der Waals surface area contributed by atoms with Gasteiger partial charge in [-0.25, -0.2) is 5.43 Å². The van der Waals surface area contributed by atoms with Crippen LogP contribution in [0.3, 0.4) is 0 Å². The van der Waals surface area contributed by atoms with Crippen LogP contribution in [0, 0.1) is 20.8 Å². The molecule has 0 atom stereocenters. The van der Waals surface area contributed by atoms with E-state index >= 15 is 0 Å². The van der Waals surface area contributed by atoms with E-state index in [0.29, 0.717) is 5.56 Å². The van der Waals surface area contributed by atoms with Crippen molar-refractivity contribution < 1.29 is 4.79 Å². The molecule has 0 saturated heterocycles. The van der Waals surface area contributed by atoms with Crippen LogP contribution in [0.15, 0.2) is 59.8 Å². The van der Waals surface area contributed by atoms with Crippen LogP contribution in [0.25, 0.3) is 10.9 Å². The molecule has 0 saturated carbocycles. The highest BCUT2D eigenvalue weighted by atomic mass is 16.2. The first-order valence-corrected chi connectivity index (χ1v) is 9.91. The Kier molecular flexibility index (Phi) is 5.23. The maximum absolute atomic E-state index is 12.6. The molecule has 2 aromatic heterocycles. The first-order chi connectivity index (χ1) is 14.5. The third-order valence-corrected chi connectivity index (χ3v) is 5.73. The van der Waals surface area contributed by atoms with Crippen LogP contribution >= 0.6 is 0 Å². The highest BCUT2D eigenvalue weighted by Gasteiger charge is 2.14. The molecule has 152 valence electrons. The first kappa shape index (κ1) is 19.6. The average molecular weight is 399 g/mol. The Morgan fingerprint density at radius 1 is 1.10 bits per heavy atom. The fourth-order valence-corrected chi connectivity index (χ4v) is 3.63. The van der Waals surface area contributed by atoms with Crippen molar-refractivity contribution in [3.05, 3.63) is 88.4 Å². The number of carbonyl (C=O) groups is 1. The zero-order valence-corrected chi connectivity index (χ0v) is 17.7. The van der Waals surface area contributed by atoms with E-state index in [1.54, 1.807) is 17.1 Å². The fraction of sp³-hybridized carbons (Fsp3) is 0.208. The summed E-state index contributed by atoms with van der Waals surface area (Å²) in [5.41, 5.74) is 9.83. The molecule has 30 heavy (non-hydrogen) atoms. The number of carbonyl (C=O) groups excluding carboxylic acids is 1. The summed E-state index contributed by atoms with van der Waals surface area (Å²) in [5.74, 6) is -0.234. The van der Waals surface area contributed by atoms with Crippen LogP contribution in [-0.2, 0) is 13.6 Å². The Labute approximate surface area is 175 Å². The molecule has 0 spiro atoms. The molecule has 6 heteroatoms. The quantitative estimate of drug-likeness (QED) is 0.405. The van der Waals surface area contributed by atoms with Crippen molar-refractivity contribution in [3.8, 4) is 0 Å². The predicted molar refractivity (Wildman–Crippen MR) is 120 cm³/mol. The van der Waals surface area contributed by atoms with Gasteiger partial charge >= 0.3 is 0 Å². The third kappa shape index (κ3) is 3.64. The molecular formula is C24H25N5O. The maximum Gasteiger partial charge on any atom is 0.271 e. The van der Waals surface area contributed by atoms with Gasteiger partial charge in [0, 0.05) is 47.0 Å². The third-order valence-electron chi connectivity index (χ3n) is 5.73. The minimum atomic E-state index is -0.234. The molecule has 0 aliphatic heterocycles. The summed E-state index contributed by atoms with van der Waals surface area (Å²) in [6.45, 7) is 6.98. The summed E-state index contributed by atoms with van der Waals surface area (Å²) in [5, 5.41) is 9.34. The lowest BCUT2D eigenvalue weighted by Crippen LogP contribution is -2.17. The number of benzene rings is 2. The standard InChI is InChI=1S/C24H25N5O/c1-16-17(2)29(15-19-8-6-5-7-9-19)23-11-10-20(12-22(16)23)24(30)27-25-13-21-14-26-28(4)18(21)3/h5-14H,15H2,1-4H3,(H,27,30)/b25-13-. The van der Waals surface area contributed by atoms with Crippen LogP contribution in [0.4, 0.5) is 0 Å². The van der Waals surface area contributed by atoms with Gasteiger partial charge in [-0.1, -0.05) is 30.3 Å². The molecular weight excluding hydrogens is 374 g/mol. The molecule has 2 aromatic carbocycles. The van der Waals surface area contributed by atoms with Gasteiger partial charge in [-0.15, -0.1) is 0 Å². The van der Waals surface area contributed by atoms with Gasteiger partial charge in [-0.05, 0) is 50.1 Å². The minimum Gasteiger partial charge on any atom is -0.340 e. The van der Waals surface area contributed by atoms with Gasteiger partial charge in [0.2, 0.25) is 0 Å². The molecule has 0 fully saturated rings. The van der Waals surface area contributed by atoms with Crippen molar-refractivity contribution >= 4 is 23.0 Å². The highest BCUT2D eigenvalue weighted by Crippen LogP contribution is 2.27. The van der Waals surface area contributed by atoms with Crippen molar-refractivity contribution in [2.45, 2.75) is 27.3 Å². The lowest BCUT2D eigenvalue weighted by molar-refractivity contribution is 0.0955. The lowest BCUT2D eigenvalue weighted by Gasteiger charge is -2.09. The molecule has 0 bridgehead atoms. The maximum atomic E-state index is 12.6.